The molecule has 0 amide bonds. The Morgan fingerprint density at radius 1 is 1.21 bits per heavy atom. The summed E-state index contributed by atoms with van der Waals surface area (Å²) in [7, 11) is -3.49. The van der Waals surface area contributed by atoms with Crippen molar-refractivity contribution in [1.82, 2.24) is 5.16 Å². The van der Waals surface area contributed by atoms with Crippen molar-refractivity contribution >= 4 is 21.2 Å². The maximum absolute atomic E-state index is 12.9. The monoisotopic (exact) mass is 349 g/mol. The number of hydrogen-bond acceptors (Lipinski definition) is 6. The summed E-state index contributed by atoms with van der Waals surface area (Å²) in [6.07, 6.45) is 4.10. The molecule has 1 aliphatic rings. The molecule has 1 aromatic carbocycles. The molecule has 24 heavy (non-hydrogen) atoms. The molecule has 1 aromatic heterocycles. The van der Waals surface area contributed by atoms with Crippen LogP contribution in [0.5, 0.6) is 0 Å². The Labute approximate surface area is 142 Å². The maximum atomic E-state index is 12.9. The molecule has 0 saturated heterocycles. The van der Waals surface area contributed by atoms with Gasteiger partial charge in [0.15, 0.2) is 9.84 Å². The van der Waals surface area contributed by atoms with Crippen LogP contribution >= 0.6 is 0 Å². The van der Waals surface area contributed by atoms with E-state index < -0.39 is 9.84 Å². The van der Waals surface area contributed by atoms with Crippen molar-refractivity contribution in [2.75, 3.05) is 17.2 Å². The van der Waals surface area contributed by atoms with Crippen LogP contribution in [0.3, 0.4) is 0 Å². The standard InChI is InChI=1S/C17H23N3O3S/c1-10-16(11(2)23-20-10)13-7-14(18)17(19)15(8-13)24(21,22)9-12-5-3-4-6-12/h7-8,12H,3-6,9,18-19H2,1-2H3. The van der Waals surface area contributed by atoms with Gasteiger partial charge in [0, 0.05) is 5.56 Å². The lowest BCUT2D eigenvalue weighted by atomic mass is 10.0. The van der Waals surface area contributed by atoms with Gasteiger partial charge in [0.2, 0.25) is 0 Å². The Bertz CT molecular complexity index is 846. The summed E-state index contributed by atoms with van der Waals surface area (Å²) >= 11 is 0. The molecule has 2 aromatic rings. The van der Waals surface area contributed by atoms with Gasteiger partial charge >= 0.3 is 0 Å². The molecule has 7 heteroatoms. The maximum Gasteiger partial charge on any atom is 0.180 e. The summed E-state index contributed by atoms with van der Waals surface area (Å²) < 4.78 is 30.9. The van der Waals surface area contributed by atoms with E-state index in [0.29, 0.717) is 17.0 Å². The number of nitrogens with zero attached hydrogens (tertiary/aromatic N) is 1. The molecule has 3 rings (SSSR count). The molecule has 0 aliphatic heterocycles. The quantitative estimate of drug-likeness (QED) is 0.820. The van der Waals surface area contributed by atoms with E-state index >= 15 is 0 Å². The molecule has 0 unspecified atom stereocenters. The average Bonchev–Trinajstić information content (AvgIpc) is 3.11. The summed E-state index contributed by atoms with van der Waals surface area (Å²) in [5, 5.41) is 3.92. The largest absolute Gasteiger partial charge is 0.397 e. The highest BCUT2D eigenvalue weighted by Crippen LogP contribution is 2.37. The predicted molar refractivity (Wildman–Crippen MR) is 94.2 cm³/mol. The average molecular weight is 349 g/mol. The topological polar surface area (TPSA) is 112 Å². The molecule has 130 valence electrons. The molecule has 6 nitrogen and oxygen atoms in total. The fourth-order valence-electron chi connectivity index (χ4n) is 3.52. The van der Waals surface area contributed by atoms with Crippen LogP contribution < -0.4 is 11.5 Å². The zero-order valence-corrected chi connectivity index (χ0v) is 14.8. The van der Waals surface area contributed by atoms with E-state index in [-0.39, 0.29) is 27.9 Å². The van der Waals surface area contributed by atoms with E-state index in [2.05, 4.69) is 5.16 Å². The van der Waals surface area contributed by atoms with Crippen molar-refractivity contribution < 1.29 is 12.9 Å². The summed E-state index contributed by atoms with van der Waals surface area (Å²) in [6, 6.07) is 3.28. The molecule has 0 atom stereocenters. The van der Waals surface area contributed by atoms with E-state index in [9.17, 15) is 8.42 Å². The van der Waals surface area contributed by atoms with Crippen molar-refractivity contribution in [3.63, 3.8) is 0 Å². The normalized spacial score (nSPS) is 15.9. The number of benzene rings is 1. The second-order valence-electron chi connectivity index (χ2n) is 6.61. The van der Waals surface area contributed by atoms with Crippen LogP contribution in [0.2, 0.25) is 0 Å². The van der Waals surface area contributed by atoms with Crippen molar-refractivity contribution in [3.05, 3.63) is 23.6 Å². The van der Waals surface area contributed by atoms with Crippen molar-refractivity contribution in [3.8, 4) is 11.1 Å². The molecular formula is C17H23N3O3S. The predicted octanol–water partition coefficient (Wildman–Crippen LogP) is 3.09. The lowest BCUT2D eigenvalue weighted by Crippen LogP contribution is -2.16. The van der Waals surface area contributed by atoms with Crippen LogP contribution in [0.4, 0.5) is 11.4 Å². The highest BCUT2D eigenvalue weighted by atomic mass is 32.2. The number of hydrogen-bond donors (Lipinski definition) is 2. The van der Waals surface area contributed by atoms with Gasteiger partial charge in [-0.05, 0) is 50.3 Å². The summed E-state index contributed by atoms with van der Waals surface area (Å²) in [5.41, 5.74) is 14.5. The summed E-state index contributed by atoms with van der Waals surface area (Å²) in [4.78, 5) is 0.115. The summed E-state index contributed by atoms with van der Waals surface area (Å²) in [6.45, 7) is 3.60. The van der Waals surface area contributed by atoms with Gasteiger partial charge in [0.1, 0.15) is 5.76 Å². The molecule has 1 aliphatic carbocycles. The minimum atomic E-state index is -3.49. The number of aryl methyl sites for hydroxylation is 2. The van der Waals surface area contributed by atoms with Crippen LogP contribution in [0.15, 0.2) is 21.6 Å². The minimum Gasteiger partial charge on any atom is -0.397 e. The third-order valence-corrected chi connectivity index (χ3v) is 6.68. The Kier molecular flexibility index (Phi) is 4.29. The molecule has 1 fully saturated rings. The van der Waals surface area contributed by atoms with E-state index in [1.54, 1.807) is 19.1 Å². The molecule has 1 heterocycles. The zero-order valence-electron chi connectivity index (χ0n) is 14.0. The van der Waals surface area contributed by atoms with E-state index in [0.717, 1.165) is 31.2 Å². The van der Waals surface area contributed by atoms with Crippen LogP contribution in [-0.4, -0.2) is 19.3 Å². The number of nitrogens with two attached hydrogens (primary N) is 2. The lowest BCUT2D eigenvalue weighted by Gasteiger charge is -2.15. The van der Waals surface area contributed by atoms with Gasteiger partial charge in [0.25, 0.3) is 0 Å². The number of sulfone groups is 1. The number of nitrogen functional groups attached to an aromatic ring is 2. The Morgan fingerprint density at radius 3 is 2.46 bits per heavy atom. The van der Waals surface area contributed by atoms with Gasteiger partial charge in [-0.15, -0.1) is 0 Å². The lowest BCUT2D eigenvalue weighted by molar-refractivity contribution is 0.393. The van der Waals surface area contributed by atoms with E-state index in [1.165, 1.54) is 0 Å². The smallest absolute Gasteiger partial charge is 0.180 e. The first-order valence-corrected chi connectivity index (χ1v) is 9.80. The Morgan fingerprint density at radius 2 is 1.88 bits per heavy atom. The van der Waals surface area contributed by atoms with E-state index in [4.69, 9.17) is 16.0 Å². The van der Waals surface area contributed by atoms with Gasteiger partial charge in [-0.25, -0.2) is 8.42 Å². The van der Waals surface area contributed by atoms with Crippen LogP contribution in [-0.2, 0) is 9.84 Å². The fourth-order valence-corrected chi connectivity index (χ4v) is 5.42. The zero-order chi connectivity index (χ0) is 17.5. The highest BCUT2D eigenvalue weighted by Gasteiger charge is 2.27. The Hall–Kier alpha value is -2.02. The molecular weight excluding hydrogens is 326 g/mol. The molecule has 0 spiro atoms. The third-order valence-electron chi connectivity index (χ3n) is 4.76. The van der Waals surface area contributed by atoms with Crippen molar-refractivity contribution in [2.24, 2.45) is 5.92 Å². The number of aromatic nitrogens is 1. The van der Waals surface area contributed by atoms with Gasteiger partial charge in [-0.3, -0.25) is 0 Å². The molecule has 0 bridgehead atoms. The first-order chi connectivity index (χ1) is 11.3. The second-order valence-corrected chi connectivity index (χ2v) is 8.61. The minimum absolute atomic E-state index is 0.115. The summed E-state index contributed by atoms with van der Waals surface area (Å²) in [5.74, 6) is 0.955. The number of anilines is 2. The first-order valence-electron chi connectivity index (χ1n) is 8.14. The van der Waals surface area contributed by atoms with Gasteiger partial charge in [-0.1, -0.05) is 18.0 Å². The first kappa shape index (κ1) is 16.8. The van der Waals surface area contributed by atoms with Crippen molar-refractivity contribution in [2.45, 2.75) is 44.4 Å². The van der Waals surface area contributed by atoms with Gasteiger partial charge in [0.05, 0.1) is 27.7 Å². The SMILES string of the molecule is Cc1noc(C)c1-c1cc(N)c(N)c(S(=O)(=O)CC2CCCC2)c1. The van der Waals surface area contributed by atoms with Crippen LogP contribution in [0.1, 0.15) is 37.1 Å². The fraction of sp³-hybridized carbons (Fsp3) is 0.471. The molecule has 4 N–H and O–H groups in total. The Balaban J connectivity index is 2.07. The number of rotatable bonds is 4. The third kappa shape index (κ3) is 3.00. The van der Waals surface area contributed by atoms with Gasteiger partial charge in [-0.2, -0.15) is 0 Å². The van der Waals surface area contributed by atoms with Crippen LogP contribution in [0.25, 0.3) is 11.1 Å². The second kappa shape index (κ2) is 6.12. The molecule has 0 radical (unpaired) electrons. The van der Waals surface area contributed by atoms with Crippen molar-refractivity contribution in [1.29, 1.82) is 0 Å². The highest BCUT2D eigenvalue weighted by molar-refractivity contribution is 7.91. The van der Waals surface area contributed by atoms with Gasteiger partial charge < -0.3 is 16.0 Å². The van der Waals surface area contributed by atoms with E-state index in [1.807, 2.05) is 6.92 Å². The van der Waals surface area contributed by atoms with Crippen LogP contribution in [0, 0.1) is 19.8 Å². The molecule has 1 saturated carbocycles.